The van der Waals surface area contributed by atoms with Crippen LogP contribution in [0.1, 0.15) is 11.1 Å². The van der Waals surface area contributed by atoms with Crippen molar-refractivity contribution in [3.63, 3.8) is 0 Å². The van der Waals surface area contributed by atoms with Crippen LogP contribution in [0.25, 0.3) is 0 Å². The van der Waals surface area contributed by atoms with Crippen LogP contribution in [-0.4, -0.2) is 25.8 Å². The van der Waals surface area contributed by atoms with Gasteiger partial charge < -0.3 is 10.2 Å². The average Bonchev–Trinajstić information content (AvgIpc) is 2.47. The van der Waals surface area contributed by atoms with Gasteiger partial charge in [0.05, 0.1) is 6.54 Å². The molecule has 0 fully saturated rings. The van der Waals surface area contributed by atoms with E-state index < -0.39 is 0 Å². The Morgan fingerprint density at radius 3 is 2.64 bits per heavy atom. The Kier molecular flexibility index (Phi) is 5.50. The van der Waals surface area contributed by atoms with Crippen molar-refractivity contribution in [2.24, 2.45) is 0 Å². The maximum absolute atomic E-state index is 12.2. The number of aryl methyl sites for hydroxylation is 2. The highest BCUT2D eigenvalue weighted by molar-refractivity contribution is 7.98. The van der Waals surface area contributed by atoms with Gasteiger partial charge in [-0.3, -0.25) is 4.79 Å². The van der Waals surface area contributed by atoms with E-state index in [-0.39, 0.29) is 5.91 Å². The first-order chi connectivity index (χ1) is 10.5. The second kappa shape index (κ2) is 7.36. The summed E-state index contributed by atoms with van der Waals surface area (Å²) in [6.45, 7) is 4.47. The lowest BCUT2D eigenvalue weighted by molar-refractivity contribution is -0.114. The number of nitrogens with one attached hydrogen (secondary N) is 1. The summed E-state index contributed by atoms with van der Waals surface area (Å²) in [7, 11) is 1.94. The van der Waals surface area contributed by atoms with Gasteiger partial charge in [-0.2, -0.15) is 0 Å². The van der Waals surface area contributed by atoms with Gasteiger partial charge in [0, 0.05) is 23.3 Å². The summed E-state index contributed by atoms with van der Waals surface area (Å²) in [5, 5.41) is 2.95. The highest BCUT2D eigenvalue weighted by atomic mass is 32.2. The van der Waals surface area contributed by atoms with Crippen molar-refractivity contribution in [1.29, 1.82) is 0 Å². The summed E-state index contributed by atoms with van der Waals surface area (Å²) in [6.07, 6.45) is 2.02. The lowest BCUT2D eigenvalue weighted by Crippen LogP contribution is -2.30. The molecule has 2 aromatic rings. The third-order valence-electron chi connectivity index (χ3n) is 3.50. The molecule has 0 aliphatic rings. The van der Waals surface area contributed by atoms with Crippen LogP contribution in [0.4, 0.5) is 11.4 Å². The molecule has 22 heavy (non-hydrogen) atoms. The van der Waals surface area contributed by atoms with Gasteiger partial charge in [-0.05, 0) is 49.9 Å². The van der Waals surface area contributed by atoms with E-state index in [1.54, 1.807) is 11.8 Å². The highest BCUT2D eigenvalue weighted by Crippen LogP contribution is 2.21. The van der Waals surface area contributed by atoms with Crippen LogP contribution < -0.4 is 10.2 Å². The van der Waals surface area contributed by atoms with E-state index in [0.29, 0.717) is 6.54 Å². The molecule has 0 aromatic heterocycles. The molecule has 0 atom stereocenters. The Bertz CT molecular complexity index is 670. The van der Waals surface area contributed by atoms with Crippen LogP contribution >= 0.6 is 11.8 Å². The lowest BCUT2D eigenvalue weighted by Gasteiger charge is -2.21. The van der Waals surface area contributed by atoms with Gasteiger partial charge in [-0.25, -0.2) is 0 Å². The van der Waals surface area contributed by atoms with Crippen LogP contribution in [0, 0.1) is 13.8 Å². The maximum atomic E-state index is 12.2. The summed E-state index contributed by atoms with van der Waals surface area (Å²) in [5.41, 5.74) is 4.33. The van der Waals surface area contributed by atoms with E-state index >= 15 is 0 Å². The fourth-order valence-corrected chi connectivity index (χ4v) is 2.90. The zero-order valence-corrected chi connectivity index (χ0v) is 14.3. The number of carbonyl (C=O) groups is 1. The predicted octanol–water partition coefficient (Wildman–Crippen LogP) is 4.10. The number of rotatable bonds is 5. The summed E-state index contributed by atoms with van der Waals surface area (Å²) in [6, 6.07) is 14.1. The Labute approximate surface area is 136 Å². The van der Waals surface area contributed by atoms with E-state index in [0.717, 1.165) is 16.3 Å². The number of hydrogen-bond acceptors (Lipinski definition) is 3. The van der Waals surface area contributed by atoms with Gasteiger partial charge in [0.1, 0.15) is 0 Å². The third-order valence-corrected chi connectivity index (χ3v) is 4.22. The van der Waals surface area contributed by atoms with E-state index in [4.69, 9.17) is 0 Å². The standard InChI is InChI=1S/C18H22N2OS/c1-13-8-9-17(14(2)10-13)20(3)12-18(21)19-15-6-5-7-16(11-15)22-4/h5-11H,12H2,1-4H3,(H,19,21). The Balaban J connectivity index is 2.01. The number of amides is 1. The second-order valence-corrected chi connectivity index (χ2v) is 6.31. The molecule has 0 radical (unpaired) electrons. The van der Waals surface area contributed by atoms with Crippen LogP contribution in [0.3, 0.4) is 0 Å². The van der Waals surface area contributed by atoms with Gasteiger partial charge in [-0.15, -0.1) is 11.8 Å². The molecule has 116 valence electrons. The van der Waals surface area contributed by atoms with Crippen molar-refractivity contribution < 1.29 is 4.79 Å². The minimum absolute atomic E-state index is 0.0132. The minimum atomic E-state index is -0.0132. The monoisotopic (exact) mass is 314 g/mol. The third kappa shape index (κ3) is 4.28. The fourth-order valence-electron chi connectivity index (χ4n) is 2.44. The Morgan fingerprint density at radius 2 is 1.95 bits per heavy atom. The van der Waals surface area contributed by atoms with Crippen molar-refractivity contribution in [3.8, 4) is 0 Å². The first kappa shape index (κ1) is 16.4. The Hall–Kier alpha value is -1.94. The Morgan fingerprint density at radius 1 is 1.18 bits per heavy atom. The van der Waals surface area contributed by atoms with Crippen molar-refractivity contribution >= 4 is 29.0 Å². The first-order valence-electron chi connectivity index (χ1n) is 7.22. The normalized spacial score (nSPS) is 10.4. The van der Waals surface area contributed by atoms with E-state index in [2.05, 4.69) is 37.4 Å². The average molecular weight is 314 g/mol. The summed E-state index contributed by atoms with van der Waals surface area (Å²) < 4.78 is 0. The zero-order chi connectivity index (χ0) is 16.1. The van der Waals surface area contributed by atoms with Crippen LogP contribution in [0.15, 0.2) is 47.4 Å². The first-order valence-corrected chi connectivity index (χ1v) is 8.44. The molecule has 0 aliphatic heterocycles. The number of likely N-dealkylation sites (N-methyl/N-ethyl adjacent to an activating group) is 1. The van der Waals surface area contributed by atoms with Crippen molar-refractivity contribution in [2.75, 3.05) is 30.1 Å². The van der Waals surface area contributed by atoms with Gasteiger partial charge in [0.15, 0.2) is 0 Å². The SMILES string of the molecule is CSc1cccc(NC(=O)CN(C)c2ccc(C)cc2C)c1. The minimum Gasteiger partial charge on any atom is -0.365 e. The van der Waals surface area contributed by atoms with Gasteiger partial charge in [0.25, 0.3) is 0 Å². The molecular weight excluding hydrogens is 292 g/mol. The van der Waals surface area contributed by atoms with Crippen molar-refractivity contribution in [2.45, 2.75) is 18.7 Å². The molecule has 0 bridgehead atoms. The number of carbonyl (C=O) groups excluding carboxylic acids is 1. The number of hydrogen-bond donors (Lipinski definition) is 1. The number of nitrogens with zero attached hydrogens (tertiary/aromatic N) is 1. The fraction of sp³-hybridized carbons (Fsp3) is 0.278. The maximum Gasteiger partial charge on any atom is 0.243 e. The van der Waals surface area contributed by atoms with Crippen molar-refractivity contribution in [1.82, 2.24) is 0 Å². The van der Waals surface area contributed by atoms with Gasteiger partial charge in [0.2, 0.25) is 5.91 Å². The molecule has 0 spiro atoms. The van der Waals surface area contributed by atoms with E-state index in [1.807, 2.05) is 42.5 Å². The summed E-state index contributed by atoms with van der Waals surface area (Å²) in [5.74, 6) is -0.0132. The van der Waals surface area contributed by atoms with Gasteiger partial charge in [-0.1, -0.05) is 23.8 Å². The quantitative estimate of drug-likeness (QED) is 0.843. The molecule has 0 saturated heterocycles. The van der Waals surface area contributed by atoms with Crippen molar-refractivity contribution in [3.05, 3.63) is 53.6 Å². The van der Waals surface area contributed by atoms with Crippen LogP contribution in [0.2, 0.25) is 0 Å². The molecule has 3 nitrogen and oxygen atoms in total. The highest BCUT2D eigenvalue weighted by Gasteiger charge is 2.10. The predicted molar refractivity (Wildman–Crippen MR) is 96.0 cm³/mol. The molecule has 4 heteroatoms. The summed E-state index contributed by atoms with van der Waals surface area (Å²) >= 11 is 1.66. The number of benzene rings is 2. The topological polar surface area (TPSA) is 32.3 Å². The second-order valence-electron chi connectivity index (χ2n) is 5.43. The molecule has 0 saturated carbocycles. The van der Waals surface area contributed by atoms with Crippen LogP contribution in [-0.2, 0) is 4.79 Å². The molecular formula is C18H22N2OS. The number of thioether (sulfide) groups is 1. The zero-order valence-electron chi connectivity index (χ0n) is 13.5. The molecule has 2 aromatic carbocycles. The van der Waals surface area contributed by atoms with E-state index in [9.17, 15) is 4.79 Å². The van der Waals surface area contributed by atoms with Gasteiger partial charge >= 0.3 is 0 Å². The molecule has 2 rings (SSSR count). The molecule has 0 heterocycles. The summed E-state index contributed by atoms with van der Waals surface area (Å²) in [4.78, 5) is 15.3. The molecule has 1 amide bonds. The largest absolute Gasteiger partial charge is 0.365 e. The molecule has 0 aliphatic carbocycles. The number of anilines is 2. The molecule has 0 unspecified atom stereocenters. The molecule has 1 N–H and O–H groups in total. The lowest BCUT2D eigenvalue weighted by atomic mass is 10.1. The van der Waals surface area contributed by atoms with E-state index in [1.165, 1.54) is 11.1 Å². The smallest absolute Gasteiger partial charge is 0.243 e. The van der Waals surface area contributed by atoms with Crippen LogP contribution in [0.5, 0.6) is 0 Å².